The molecule has 1 heterocycles. The van der Waals surface area contributed by atoms with E-state index in [4.69, 9.17) is 23.7 Å². The summed E-state index contributed by atoms with van der Waals surface area (Å²) < 4.78 is 27.9. The van der Waals surface area contributed by atoms with Crippen molar-refractivity contribution < 1.29 is 28.5 Å². The van der Waals surface area contributed by atoms with Gasteiger partial charge in [0.15, 0.2) is 6.10 Å². The van der Waals surface area contributed by atoms with E-state index in [1.54, 1.807) is 7.11 Å². The molecule has 0 aromatic rings. The van der Waals surface area contributed by atoms with Crippen molar-refractivity contribution in [1.29, 1.82) is 0 Å². The van der Waals surface area contributed by atoms with Gasteiger partial charge in [0, 0.05) is 27.2 Å². The molecular formula is C15H28O6. The van der Waals surface area contributed by atoms with Gasteiger partial charge in [0.25, 0.3) is 0 Å². The van der Waals surface area contributed by atoms with Crippen LogP contribution >= 0.6 is 0 Å². The largest absolute Gasteiger partial charge is 0.457 e. The van der Waals surface area contributed by atoms with Crippen LogP contribution in [-0.4, -0.2) is 63.9 Å². The van der Waals surface area contributed by atoms with E-state index in [0.717, 1.165) is 12.8 Å². The Morgan fingerprint density at radius 3 is 2.62 bits per heavy atom. The van der Waals surface area contributed by atoms with Gasteiger partial charge in [-0.15, -0.1) is 0 Å². The number of ether oxygens (including phenoxy) is 5. The van der Waals surface area contributed by atoms with Crippen molar-refractivity contribution in [2.24, 2.45) is 0 Å². The average molecular weight is 304 g/mol. The highest BCUT2D eigenvalue weighted by molar-refractivity contribution is 5.66. The van der Waals surface area contributed by atoms with E-state index < -0.39 is 6.10 Å². The van der Waals surface area contributed by atoms with Gasteiger partial charge in [-0.05, 0) is 13.3 Å². The molecule has 124 valence electrons. The zero-order valence-corrected chi connectivity index (χ0v) is 13.5. The Morgan fingerprint density at radius 2 is 2.05 bits per heavy atom. The highest BCUT2D eigenvalue weighted by atomic mass is 16.6. The van der Waals surface area contributed by atoms with Gasteiger partial charge < -0.3 is 23.7 Å². The molecule has 0 saturated carbocycles. The molecule has 1 fully saturated rings. The van der Waals surface area contributed by atoms with Crippen LogP contribution in [0.5, 0.6) is 0 Å². The van der Waals surface area contributed by atoms with Crippen LogP contribution in [0.1, 0.15) is 33.6 Å². The first kappa shape index (κ1) is 18.4. The summed E-state index contributed by atoms with van der Waals surface area (Å²) in [6, 6.07) is 0. The van der Waals surface area contributed by atoms with Crippen molar-refractivity contribution in [2.75, 3.05) is 33.5 Å². The van der Waals surface area contributed by atoms with E-state index in [2.05, 4.69) is 6.92 Å². The number of esters is 1. The number of hydrogen-bond donors (Lipinski definition) is 0. The van der Waals surface area contributed by atoms with E-state index in [1.165, 1.54) is 6.92 Å². The third kappa shape index (κ3) is 5.90. The number of carbonyl (C=O) groups excluding carboxylic acids is 1. The van der Waals surface area contributed by atoms with Crippen LogP contribution in [0.15, 0.2) is 0 Å². The first-order valence-electron chi connectivity index (χ1n) is 7.64. The fraction of sp³-hybridized carbons (Fsp3) is 0.933. The van der Waals surface area contributed by atoms with Crippen molar-refractivity contribution in [3.05, 3.63) is 0 Å². The molecule has 21 heavy (non-hydrogen) atoms. The van der Waals surface area contributed by atoms with E-state index in [0.29, 0.717) is 26.4 Å². The summed E-state index contributed by atoms with van der Waals surface area (Å²) in [6.07, 6.45) is 0.622. The van der Waals surface area contributed by atoms with Crippen molar-refractivity contribution in [1.82, 2.24) is 0 Å². The Bertz CT molecular complexity index is 296. The topological polar surface area (TPSA) is 63.2 Å². The quantitative estimate of drug-likeness (QED) is 0.476. The van der Waals surface area contributed by atoms with Crippen LogP contribution in [0.3, 0.4) is 0 Å². The lowest BCUT2D eigenvalue weighted by molar-refractivity contribution is -0.230. The average Bonchev–Trinajstić information content (AvgIpc) is 2.46. The van der Waals surface area contributed by atoms with Crippen LogP contribution in [0.25, 0.3) is 0 Å². The van der Waals surface area contributed by atoms with Crippen LogP contribution in [0, 0.1) is 0 Å². The van der Waals surface area contributed by atoms with Gasteiger partial charge in [-0.1, -0.05) is 13.3 Å². The molecule has 4 atom stereocenters. The molecule has 0 radical (unpaired) electrons. The Morgan fingerprint density at radius 1 is 1.29 bits per heavy atom. The van der Waals surface area contributed by atoms with Gasteiger partial charge in [-0.3, -0.25) is 4.79 Å². The standard InChI is InChI=1S/C15H28O6/c1-5-7-8-19-13-10-20-12(9-18-6-2)15(14(13)17-4)21-11(3)16/h12-15H,5-10H2,1-4H3/t12-,13+,14-,15-/m1/s1. The van der Waals surface area contributed by atoms with Gasteiger partial charge in [-0.25, -0.2) is 0 Å². The molecule has 6 nitrogen and oxygen atoms in total. The summed E-state index contributed by atoms with van der Waals surface area (Å²) >= 11 is 0. The second-order valence-corrected chi connectivity index (χ2v) is 5.07. The Kier molecular flexibility index (Phi) is 8.84. The van der Waals surface area contributed by atoms with Crippen molar-refractivity contribution in [2.45, 2.75) is 58.0 Å². The molecule has 1 saturated heterocycles. The number of methoxy groups -OCH3 is 1. The molecule has 0 bridgehead atoms. The van der Waals surface area contributed by atoms with Gasteiger partial charge in [-0.2, -0.15) is 0 Å². The van der Waals surface area contributed by atoms with Crippen LogP contribution < -0.4 is 0 Å². The monoisotopic (exact) mass is 304 g/mol. The molecule has 0 unspecified atom stereocenters. The summed E-state index contributed by atoms with van der Waals surface area (Å²) in [5.41, 5.74) is 0. The third-order valence-corrected chi connectivity index (χ3v) is 3.42. The first-order chi connectivity index (χ1) is 10.1. The highest BCUT2D eigenvalue weighted by Crippen LogP contribution is 2.24. The van der Waals surface area contributed by atoms with Crippen molar-refractivity contribution >= 4 is 5.97 Å². The predicted molar refractivity (Wildman–Crippen MR) is 77.2 cm³/mol. The minimum atomic E-state index is -0.514. The summed E-state index contributed by atoms with van der Waals surface area (Å²) in [5.74, 6) is -0.360. The lowest BCUT2D eigenvalue weighted by Gasteiger charge is -2.40. The molecule has 1 aliphatic rings. The number of unbranched alkanes of at least 4 members (excludes halogenated alkanes) is 1. The smallest absolute Gasteiger partial charge is 0.303 e. The minimum Gasteiger partial charge on any atom is -0.457 e. The fourth-order valence-electron chi connectivity index (χ4n) is 2.35. The van der Waals surface area contributed by atoms with E-state index in [1.807, 2.05) is 6.92 Å². The second-order valence-electron chi connectivity index (χ2n) is 5.07. The number of carbonyl (C=O) groups is 1. The summed E-state index contributed by atoms with van der Waals surface area (Å²) in [7, 11) is 1.60. The summed E-state index contributed by atoms with van der Waals surface area (Å²) in [4.78, 5) is 11.3. The van der Waals surface area contributed by atoms with Gasteiger partial charge in [0.2, 0.25) is 0 Å². The Labute approximate surface area is 127 Å². The number of rotatable bonds is 9. The third-order valence-electron chi connectivity index (χ3n) is 3.42. The first-order valence-corrected chi connectivity index (χ1v) is 7.64. The van der Waals surface area contributed by atoms with Crippen LogP contribution in [-0.2, 0) is 28.5 Å². The lowest BCUT2D eigenvalue weighted by Crippen LogP contribution is -2.57. The Balaban J connectivity index is 2.69. The second kappa shape index (κ2) is 10.1. The maximum atomic E-state index is 11.3. The van der Waals surface area contributed by atoms with Crippen molar-refractivity contribution in [3.63, 3.8) is 0 Å². The highest BCUT2D eigenvalue weighted by Gasteiger charge is 2.43. The van der Waals surface area contributed by atoms with Gasteiger partial charge in [0.05, 0.1) is 13.2 Å². The Hall–Kier alpha value is -0.690. The number of hydrogen-bond acceptors (Lipinski definition) is 6. The van der Waals surface area contributed by atoms with E-state index in [-0.39, 0.29) is 24.3 Å². The van der Waals surface area contributed by atoms with Crippen LogP contribution in [0.4, 0.5) is 0 Å². The molecular weight excluding hydrogens is 276 g/mol. The summed E-state index contributed by atoms with van der Waals surface area (Å²) in [6.45, 7) is 7.41. The SMILES string of the molecule is CCCCO[C@H]1CO[C@H](COCC)[C@@H](OC(C)=O)[C@@H]1OC. The minimum absolute atomic E-state index is 0.233. The van der Waals surface area contributed by atoms with Crippen LogP contribution in [0.2, 0.25) is 0 Å². The molecule has 1 aliphatic heterocycles. The maximum absolute atomic E-state index is 11.3. The molecule has 0 aromatic heterocycles. The normalized spacial score (nSPS) is 29.3. The molecule has 0 N–H and O–H groups in total. The molecule has 0 spiro atoms. The summed E-state index contributed by atoms with van der Waals surface area (Å²) in [5, 5.41) is 0. The lowest BCUT2D eigenvalue weighted by atomic mass is 9.99. The fourth-order valence-corrected chi connectivity index (χ4v) is 2.35. The van der Waals surface area contributed by atoms with Crippen molar-refractivity contribution in [3.8, 4) is 0 Å². The van der Waals surface area contributed by atoms with Gasteiger partial charge in [0.1, 0.15) is 18.3 Å². The molecule has 1 rings (SSSR count). The molecule has 6 heteroatoms. The molecule has 0 amide bonds. The van der Waals surface area contributed by atoms with Gasteiger partial charge >= 0.3 is 5.97 Å². The molecule has 0 aromatic carbocycles. The maximum Gasteiger partial charge on any atom is 0.303 e. The van der Waals surface area contributed by atoms with E-state index in [9.17, 15) is 4.79 Å². The van der Waals surface area contributed by atoms with E-state index >= 15 is 0 Å². The predicted octanol–water partition coefficient (Wildman–Crippen LogP) is 1.55. The zero-order chi connectivity index (χ0) is 15.7. The molecule has 0 aliphatic carbocycles. The zero-order valence-electron chi connectivity index (χ0n) is 13.5.